The van der Waals surface area contributed by atoms with E-state index < -0.39 is 0 Å². The van der Waals surface area contributed by atoms with Gasteiger partial charge in [0.2, 0.25) is 0 Å². The SMILES string of the molecule is CCCCC/C=C\C/C=C\CCCCCCCC(=O)OCCc1c(O)cc(OC(C)C)cc1OC.Oc1ccccc1O. The minimum absolute atomic E-state index is 0.000115. The molecule has 0 atom stereocenters. The van der Waals surface area contributed by atoms with Crippen LogP contribution in [0, 0.1) is 0 Å². The van der Waals surface area contributed by atoms with Gasteiger partial charge in [0.05, 0.1) is 19.8 Å². The van der Waals surface area contributed by atoms with Crippen LogP contribution in [0.25, 0.3) is 0 Å². The average molecular weight is 599 g/mol. The molecule has 240 valence electrons. The van der Waals surface area contributed by atoms with Crippen molar-refractivity contribution in [3.8, 4) is 28.7 Å². The summed E-state index contributed by atoms with van der Waals surface area (Å²) in [5, 5.41) is 27.7. The molecule has 0 fully saturated rings. The molecule has 3 N–H and O–H groups in total. The molecular formula is C36H54O7. The van der Waals surface area contributed by atoms with Gasteiger partial charge in [0, 0.05) is 30.5 Å². The smallest absolute Gasteiger partial charge is 0.305 e. The third-order valence-electron chi connectivity index (χ3n) is 6.58. The lowest BCUT2D eigenvalue weighted by molar-refractivity contribution is -0.143. The number of para-hydroxylation sites is 2. The number of ether oxygens (including phenoxy) is 3. The number of phenols is 3. The molecule has 2 aromatic carbocycles. The fraction of sp³-hybridized carbons (Fsp3) is 0.528. The number of hydrogen-bond donors (Lipinski definition) is 3. The number of rotatable bonds is 20. The fourth-order valence-electron chi connectivity index (χ4n) is 4.26. The van der Waals surface area contributed by atoms with E-state index in [9.17, 15) is 9.90 Å². The second-order valence-corrected chi connectivity index (χ2v) is 10.7. The van der Waals surface area contributed by atoms with E-state index in [0.29, 0.717) is 29.9 Å². The number of hydrogen-bond acceptors (Lipinski definition) is 7. The second kappa shape index (κ2) is 23.9. The average Bonchev–Trinajstić information content (AvgIpc) is 2.97. The first-order valence-corrected chi connectivity index (χ1v) is 15.8. The van der Waals surface area contributed by atoms with Crippen molar-refractivity contribution in [3.63, 3.8) is 0 Å². The first-order chi connectivity index (χ1) is 20.8. The zero-order valence-corrected chi connectivity index (χ0v) is 26.7. The molecule has 43 heavy (non-hydrogen) atoms. The van der Waals surface area contributed by atoms with Gasteiger partial charge in [-0.2, -0.15) is 0 Å². The van der Waals surface area contributed by atoms with E-state index in [0.717, 1.165) is 32.1 Å². The van der Waals surface area contributed by atoms with Crippen molar-refractivity contribution >= 4 is 5.97 Å². The van der Waals surface area contributed by atoms with E-state index in [-0.39, 0.29) is 35.9 Å². The fourth-order valence-corrected chi connectivity index (χ4v) is 4.26. The van der Waals surface area contributed by atoms with E-state index in [2.05, 4.69) is 31.2 Å². The van der Waals surface area contributed by atoms with Crippen LogP contribution < -0.4 is 9.47 Å². The number of carbonyl (C=O) groups excluding carboxylic acids is 1. The monoisotopic (exact) mass is 598 g/mol. The van der Waals surface area contributed by atoms with Crippen LogP contribution in [-0.4, -0.2) is 41.1 Å². The number of carbonyl (C=O) groups is 1. The number of unbranched alkanes of at least 4 members (excludes halogenated alkanes) is 8. The number of allylic oxidation sites excluding steroid dienone is 4. The van der Waals surface area contributed by atoms with Crippen LogP contribution >= 0.6 is 0 Å². The molecule has 0 aromatic heterocycles. The van der Waals surface area contributed by atoms with Crippen LogP contribution in [-0.2, 0) is 16.0 Å². The van der Waals surface area contributed by atoms with Gasteiger partial charge in [-0.15, -0.1) is 0 Å². The molecule has 0 aliphatic carbocycles. The molecule has 0 amide bonds. The van der Waals surface area contributed by atoms with E-state index in [1.54, 1.807) is 31.4 Å². The van der Waals surface area contributed by atoms with Gasteiger partial charge < -0.3 is 29.5 Å². The highest BCUT2D eigenvalue weighted by molar-refractivity contribution is 5.69. The molecule has 0 heterocycles. The summed E-state index contributed by atoms with van der Waals surface area (Å²) in [6.07, 6.45) is 22.7. The Morgan fingerprint density at radius 2 is 1.42 bits per heavy atom. The summed E-state index contributed by atoms with van der Waals surface area (Å²) in [7, 11) is 1.55. The molecule has 0 aliphatic heterocycles. The van der Waals surface area contributed by atoms with Crippen LogP contribution in [0.2, 0.25) is 0 Å². The molecule has 0 aliphatic rings. The van der Waals surface area contributed by atoms with E-state index in [4.69, 9.17) is 24.4 Å². The maximum atomic E-state index is 12.0. The zero-order chi connectivity index (χ0) is 31.7. The Labute approximate surface area is 259 Å². The maximum absolute atomic E-state index is 12.0. The number of aromatic hydroxyl groups is 3. The Morgan fingerprint density at radius 1 is 0.814 bits per heavy atom. The Morgan fingerprint density at radius 3 is 2.00 bits per heavy atom. The van der Waals surface area contributed by atoms with Gasteiger partial charge in [0.25, 0.3) is 0 Å². The first-order valence-electron chi connectivity index (χ1n) is 15.8. The number of benzene rings is 2. The van der Waals surface area contributed by atoms with Crippen molar-refractivity contribution in [2.24, 2.45) is 0 Å². The highest BCUT2D eigenvalue weighted by Crippen LogP contribution is 2.34. The molecule has 0 unspecified atom stereocenters. The molecule has 0 saturated carbocycles. The molecule has 0 bridgehead atoms. The van der Waals surface area contributed by atoms with Crippen molar-refractivity contribution < 1.29 is 34.3 Å². The van der Waals surface area contributed by atoms with Crippen LogP contribution in [0.3, 0.4) is 0 Å². The van der Waals surface area contributed by atoms with Crippen molar-refractivity contribution in [1.82, 2.24) is 0 Å². The third-order valence-corrected chi connectivity index (χ3v) is 6.58. The van der Waals surface area contributed by atoms with E-state index in [1.165, 1.54) is 50.7 Å². The van der Waals surface area contributed by atoms with Gasteiger partial charge in [-0.1, -0.05) is 75.5 Å². The summed E-state index contributed by atoms with van der Waals surface area (Å²) >= 11 is 0. The third kappa shape index (κ3) is 18.5. The molecule has 0 spiro atoms. The highest BCUT2D eigenvalue weighted by atomic mass is 16.5. The van der Waals surface area contributed by atoms with Gasteiger partial charge in [-0.3, -0.25) is 4.79 Å². The maximum Gasteiger partial charge on any atom is 0.305 e. The summed E-state index contributed by atoms with van der Waals surface area (Å²) in [6, 6.07) is 9.47. The van der Waals surface area contributed by atoms with Crippen molar-refractivity contribution in [3.05, 3.63) is 66.3 Å². The Hall–Kier alpha value is -3.61. The minimum Gasteiger partial charge on any atom is -0.507 e. The molecule has 2 aromatic rings. The standard InChI is InChI=1S/C30H48O5.C6H6O2/c1-5-6-7-8-9-10-11-12-13-14-15-16-17-18-19-20-30(32)34-22-21-27-28(31)23-26(35-25(2)3)24-29(27)33-4;7-5-3-1-2-4-6(5)8/h9-10,12-13,23-25,31H,5-8,11,14-22H2,1-4H3;1-4,7-8H/b10-9-,13-12-;. The Balaban J connectivity index is 0.000000990. The van der Waals surface area contributed by atoms with Crippen LogP contribution in [0.5, 0.6) is 28.7 Å². The largest absolute Gasteiger partial charge is 0.507 e. The summed E-state index contributed by atoms with van der Waals surface area (Å²) in [6.45, 7) is 6.29. The highest BCUT2D eigenvalue weighted by Gasteiger charge is 2.14. The van der Waals surface area contributed by atoms with Crippen molar-refractivity contribution in [2.75, 3.05) is 13.7 Å². The quantitative estimate of drug-likeness (QED) is 0.0604. The van der Waals surface area contributed by atoms with Gasteiger partial charge in [-0.05, 0) is 64.5 Å². The lowest BCUT2D eigenvalue weighted by atomic mass is 10.1. The van der Waals surface area contributed by atoms with Gasteiger partial charge in [-0.25, -0.2) is 0 Å². The van der Waals surface area contributed by atoms with Gasteiger partial charge in [0.1, 0.15) is 17.2 Å². The predicted octanol–water partition coefficient (Wildman–Crippen LogP) is 9.18. The Bertz CT molecular complexity index is 1050. The minimum atomic E-state index is -0.186. The van der Waals surface area contributed by atoms with Crippen LogP contribution in [0.1, 0.15) is 103 Å². The van der Waals surface area contributed by atoms with Crippen molar-refractivity contribution in [2.45, 2.75) is 110 Å². The topological polar surface area (TPSA) is 105 Å². The van der Waals surface area contributed by atoms with Crippen LogP contribution in [0.15, 0.2) is 60.7 Å². The molecule has 0 saturated heterocycles. The molecule has 7 nitrogen and oxygen atoms in total. The lowest BCUT2D eigenvalue weighted by Gasteiger charge is -2.15. The summed E-state index contributed by atoms with van der Waals surface area (Å²) in [4.78, 5) is 12.0. The summed E-state index contributed by atoms with van der Waals surface area (Å²) in [5.41, 5.74) is 0.619. The number of phenolic OH excluding ortho intramolecular Hbond substituents is 3. The van der Waals surface area contributed by atoms with E-state index >= 15 is 0 Å². The molecule has 2 rings (SSSR count). The first kappa shape index (κ1) is 37.4. The zero-order valence-electron chi connectivity index (χ0n) is 26.7. The number of methoxy groups -OCH3 is 1. The molecule has 7 heteroatoms. The van der Waals surface area contributed by atoms with Gasteiger partial charge in [0.15, 0.2) is 11.5 Å². The van der Waals surface area contributed by atoms with Crippen LogP contribution in [0.4, 0.5) is 0 Å². The summed E-state index contributed by atoms with van der Waals surface area (Å²) < 4.78 is 16.4. The van der Waals surface area contributed by atoms with Gasteiger partial charge >= 0.3 is 5.97 Å². The second-order valence-electron chi connectivity index (χ2n) is 10.7. The number of esters is 1. The summed E-state index contributed by atoms with van der Waals surface area (Å²) in [5.74, 6) is 0.834. The van der Waals surface area contributed by atoms with E-state index in [1.807, 2.05) is 13.8 Å². The predicted molar refractivity (Wildman–Crippen MR) is 174 cm³/mol. The lowest BCUT2D eigenvalue weighted by Crippen LogP contribution is -2.09. The molecule has 0 radical (unpaired) electrons. The Kier molecular flexibility index (Phi) is 20.8. The van der Waals surface area contributed by atoms with Crippen molar-refractivity contribution in [1.29, 1.82) is 0 Å². The molecular weight excluding hydrogens is 544 g/mol. The normalized spacial score (nSPS) is 11.1.